The fraction of sp³-hybridized carbons (Fsp3) is 0. The summed E-state index contributed by atoms with van der Waals surface area (Å²) < 4.78 is 16.4. The SMILES string of the molecule is O=C(O)c1ccc(F)cc1-c1cc(=S)[nH]s1. The second-order valence-corrected chi connectivity index (χ2v) is 4.36. The van der Waals surface area contributed by atoms with Crippen LogP contribution in [0.4, 0.5) is 4.39 Å². The van der Waals surface area contributed by atoms with E-state index in [4.69, 9.17) is 17.3 Å². The van der Waals surface area contributed by atoms with E-state index >= 15 is 0 Å². The predicted molar refractivity (Wildman–Crippen MR) is 61.9 cm³/mol. The van der Waals surface area contributed by atoms with Gasteiger partial charge in [0.25, 0.3) is 0 Å². The predicted octanol–water partition coefficient (Wildman–Crippen LogP) is 3.31. The molecule has 0 bridgehead atoms. The van der Waals surface area contributed by atoms with Gasteiger partial charge in [-0.05, 0) is 24.3 Å². The summed E-state index contributed by atoms with van der Waals surface area (Å²) in [6.45, 7) is 0. The van der Waals surface area contributed by atoms with Crippen LogP contribution in [-0.4, -0.2) is 15.4 Å². The van der Waals surface area contributed by atoms with Gasteiger partial charge in [0.2, 0.25) is 0 Å². The molecule has 0 radical (unpaired) electrons. The van der Waals surface area contributed by atoms with Gasteiger partial charge in [-0.25, -0.2) is 9.18 Å². The van der Waals surface area contributed by atoms with Gasteiger partial charge in [-0.2, -0.15) is 0 Å². The summed E-state index contributed by atoms with van der Waals surface area (Å²) in [6.07, 6.45) is 0. The average molecular weight is 255 g/mol. The quantitative estimate of drug-likeness (QED) is 0.809. The third-order valence-electron chi connectivity index (χ3n) is 2.00. The molecule has 1 aromatic carbocycles. The molecule has 0 saturated heterocycles. The Balaban J connectivity index is 2.66. The first-order valence-corrected chi connectivity index (χ1v) is 5.52. The third-order valence-corrected chi connectivity index (χ3v) is 3.23. The van der Waals surface area contributed by atoms with Gasteiger partial charge in [0.15, 0.2) is 0 Å². The number of carboxylic acid groups (broad SMARTS) is 1. The summed E-state index contributed by atoms with van der Waals surface area (Å²) in [5, 5.41) is 8.97. The molecular formula is C10H6FNO2S2. The highest BCUT2D eigenvalue weighted by atomic mass is 32.1. The molecule has 2 rings (SSSR count). The molecule has 0 saturated carbocycles. The first kappa shape index (κ1) is 11.0. The zero-order valence-electron chi connectivity index (χ0n) is 7.86. The van der Waals surface area contributed by atoms with Crippen molar-refractivity contribution in [2.24, 2.45) is 0 Å². The van der Waals surface area contributed by atoms with E-state index in [1.165, 1.54) is 23.7 Å². The number of hydrogen-bond donors (Lipinski definition) is 2. The van der Waals surface area contributed by atoms with E-state index in [2.05, 4.69) is 4.37 Å². The number of benzene rings is 1. The number of nitrogens with one attached hydrogen (secondary N) is 1. The molecule has 0 spiro atoms. The average Bonchev–Trinajstić information content (AvgIpc) is 2.64. The van der Waals surface area contributed by atoms with Gasteiger partial charge in [-0.1, -0.05) is 23.8 Å². The van der Waals surface area contributed by atoms with E-state index in [1.54, 1.807) is 6.07 Å². The van der Waals surface area contributed by atoms with Gasteiger partial charge in [0.1, 0.15) is 10.5 Å². The Kier molecular flexibility index (Phi) is 2.84. The fourth-order valence-electron chi connectivity index (χ4n) is 1.32. The van der Waals surface area contributed by atoms with Gasteiger partial charge in [0, 0.05) is 5.56 Å². The van der Waals surface area contributed by atoms with E-state index in [-0.39, 0.29) is 5.56 Å². The van der Waals surface area contributed by atoms with Crippen LogP contribution in [0, 0.1) is 10.5 Å². The van der Waals surface area contributed by atoms with Gasteiger partial charge in [-0.3, -0.25) is 0 Å². The number of rotatable bonds is 2. The largest absolute Gasteiger partial charge is 0.478 e. The van der Waals surface area contributed by atoms with Crippen LogP contribution in [0.5, 0.6) is 0 Å². The molecule has 3 nitrogen and oxygen atoms in total. The van der Waals surface area contributed by atoms with Crippen LogP contribution in [0.25, 0.3) is 10.4 Å². The van der Waals surface area contributed by atoms with Crippen molar-refractivity contribution in [2.45, 2.75) is 0 Å². The molecule has 0 atom stereocenters. The molecule has 0 aliphatic carbocycles. The Bertz CT molecular complexity index is 603. The van der Waals surface area contributed by atoms with Gasteiger partial charge < -0.3 is 9.48 Å². The third kappa shape index (κ3) is 2.02. The van der Waals surface area contributed by atoms with Gasteiger partial charge >= 0.3 is 5.97 Å². The Morgan fingerprint density at radius 3 is 2.75 bits per heavy atom. The monoisotopic (exact) mass is 255 g/mol. The highest BCUT2D eigenvalue weighted by Crippen LogP contribution is 2.28. The fourth-order valence-corrected chi connectivity index (χ4v) is 2.37. The molecular weight excluding hydrogens is 249 g/mol. The lowest BCUT2D eigenvalue weighted by Gasteiger charge is -2.02. The van der Waals surface area contributed by atoms with E-state index < -0.39 is 11.8 Å². The number of carbonyl (C=O) groups is 1. The van der Waals surface area contributed by atoms with Crippen molar-refractivity contribution in [3.63, 3.8) is 0 Å². The summed E-state index contributed by atoms with van der Waals surface area (Å²) in [4.78, 5) is 11.6. The minimum absolute atomic E-state index is 0.0617. The molecule has 0 amide bonds. The minimum atomic E-state index is -1.09. The lowest BCUT2D eigenvalue weighted by molar-refractivity contribution is 0.0697. The Morgan fingerprint density at radius 1 is 1.44 bits per heavy atom. The molecule has 0 unspecified atom stereocenters. The van der Waals surface area contributed by atoms with Crippen molar-refractivity contribution < 1.29 is 14.3 Å². The van der Waals surface area contributed by atoms with Crippen LogP contribution in [0.1, 0.15) is 10.4 Å². The van der Waals surface area contributed by atoms with Gasteiger partial charge in [0.05, 0.1) is 10.4 Å². The molecule has 82 valence electrons. The zero-order valence-corrected chi connectivity index (χ0v) is 9.49. The number of halogens is 1. The summed E-state index contributed by atoms with van der Waals surface area (Å²) in [6, 6.07) is 5.17. The summed E-state index contributed by atoms with van der Waals surface area (Å²) in [5.74, 6) is -1.56. The second kappa shape index (κ2) is 4.15. The molecule has 1 aromatic heterocycles. The maximum Gasteiger partial charge on any atom is 0.336 e. The lowest BCUT2D eigenvalue weighted by atomic mass is 10.1. The van der Waals surface area contributed by atoms with Crippen LogP contribution < -0.4 is 0 Å². The van der Waals surface area contributed by atoms with Crippen molar-refractivity contribution in [1.82, 2.24) is 4.37 Å². The van der Waals surface area contributed by atoms with Crippen molar-refractivity contribution in [2.75, 3.05) is 0 Å². The standard InChI is InChI=1S/C10H6FNO2S2/c11-5-1-2-6(10(13)14)7(3-5)8-4-9(15)12-16-8/h1-4H,(H,12,15)(H,13,14). The molecule has 2 aromatic rings. The normalized spacial score (nSPS) is 10.3. The number of aromatic amines is 1. The maximum absolute atomic E-state index is 13.1. The van der Waals surface area contributed by atoms with Gasteiger partial charge in [-0.15, -0.1) is 0 Å². The number of H-pyrrole nitrogens is 1. The summed E-state index contributed by atoms with van der Waals surface area (Å²) in [5.41, 5.74) is 0.400. The van der Waals surface area contributed by atoms with E-state index in [1.807, 2.05) is 0 Å². The number of aromatic nitrogens is 1. The number of carboxylic acids is 1. The van der Waals surface area contributed by atoms with Crippen molar-refractivity contribution in [1.29, 1.82) is 0 Å². The highest BCUT2D eigenvalue weighted by Gasteiger charge is 2.13. The summed E-state index contributed by atoms with van der Waals surface area (Å²) in [7, 11) is 0. The van der Waals surface area contributed by atoms with Crippen LogP contribution in [0.15, 0.2) is 24.3 Å². The van der Waals surface area contributed by atoms with E-state index in [0.717, 1.165) is 6.07 Å². The van der Waals surface area contributed by atoms with E-state index in [9.17, 15) is 9.18 Å². The van der Waals surface area contributed by atoms with Crippen molar-refractivity contribution >= 4 is 29.7 Å². The molecule has 1 heterocycles. The molecule has 6 heteroatoms. The topological polar surface area (TPSA) is 53.1 Å². The first-order valence-electron chi connectivity index (χ1n) is 4.29. The van der Waals surface area contributed by atoms with Crippen LogP contribution in [0.2, 0.25) is 0 Å². The molecule has 2 N–H and O–H groups in total. The van der Waals surface area contributed by atoms with Crippen molar-refractivity contribution in [3.8, 4) is 10.4 Å². The molecule has 0 aliphatic rings. The molecule has 0 fully saturated rings. The minimum Gasteiger partial charge on any atom is -0.478 e. The molecule has 0 aliphatic heterocycles. The lowest BCUT2D eigenvalue weighted by Crippen LogP contribution is -1.99. The Morgan fingerprint density at radius 2 is 2.19 bits per heavy atom. The van der Waals surface area contributed by atoms with Crippen LogP contribution in [-0.2, 0) is 0 Å². The van der Waals surface area contributed by atoms with Crippen LogP contribution in [0.3, 0.4) is 0 Å². The smallest absolute Gasteiger partial charge is 0.336 e. The first-order chi connectivity index (χ1) is 7.58. The number of hydrogen-bond acceptors (Lipinski definition) is 3. The highest BCUT2D eigenvalue weighted by molar-refractivity contribution is 7.71. The summed E-state index contributed by atoms with van der Waals surface area (Å²) >= 11 is 6.07. The van der Waals surface area contributed by atoms with Crippen molar-refractivity contribution in [3.05, 3.63) is 40.3 Å². The maximum atomic E-state index is 13.1. The molecule has 16 heavy (non-hydrogen) atoms. The number of aromatic carboxylic acids is 1. The second-order valence-electron chi connectivity index (χ2n) is 3.07. The zero-order chi connectivity index (χ0) is 11.7. The Hall–Kier alpha value is -1.53. The van der Waals surface area contributed by atoms with E-state index in [0.29, 0.717) is 15.1 Å². The van der Waals surface area contributed by atoms with Crippen LogP contribution >= 0.6 is 23.8 Å². The Labute approximate surface area is 99.3 Å².